The number of carbonyl (C=O) groups excluding carboxylic acids is 1. The molecule has 2 aliphatic rings. The molecule has 2 aliphatic heterocycles. The Bertz CT molecular complexity index is 952. The molecule has 0 aromatic heterocycles. The van der Waals surface area contributed by atoms with Crippen molar-refractivity contribution in [3.8, 4) is 0 Å². The number of likely N-dealkylation sites (N-methyl/N-ethyl adjacent to an activating group) is 1. The zero-order valence-electron chi connectivity index (χ0n) is 19.4. The highest BCUT2D eigenvalue weighted by molar-refractivity contribution is 5.79. The van der Waals surface area contributed by atoms with Gasteiger partial charge in [-0.25, -0.2) is 4.39 Å². The lowest BCUT2D eigenvalue weighted by molar-refractivity contribution is -0.226. The predicted molar refractivity (Wildman–Crippen MR) is 124 cm³/mol. The van der Waals surface area contributed by atoms with E-state index in [2.05, 4.69) is 12.1 Å². The molecule has 0 spiro atoms. The number of amides is 1. The normalized spacial score (nSPS) is 31.6. The molecular weight excluding hydrogens is 421 g/mol. The third-order valence-corrected chi connectivity index (χ3v) is 7.60. The van der Waals surface area contributed by atoms with Gasteiger partial charge in [-0.1, -0.05) is 42.5 Å². The van der Waals surface area contributed by atoms with Crippen molar-refractivity contribution in [2.24, 2.45) is 0 Å². The Labute approximate surface area is 195 Å². The van der Waals surface area contributed by atoms with Gasteiger partial charge in [-0.3, -0.25) is 4.79 Å². The van der Waals surface area contributed by atoms with E-state index in [-0.39, 0.29) is 30.7 Å². The third kappa shape index (κ3) is 4.98. The first-order valence-electron chi connectivity index (χ1n) is 11.8. The van der Waals surface area contributed by atoms with Crippen molar-refractivity contribution in [1.29, 1.82) is 0 Å². The average molecular weight is 456 g/mol. The van der Waals surface area contributed by atoms with E-state index in [0.29, 0.717) is 25.7 Å². The molecule has 2 aromatic carbocycles. The van der Waals surface area contributed by atoms with Crippen LogP contribution < -0.4 is 0 Å². The van der Waals surface area contributed by atoms with E-state index in [1.807, 2.05) is 25.1 Å². The molecule has 2 aromatic rings. The topological polar surface area (TPSA) is 70.0 Å². The summed E-state index contributed by atoms with van der Waals surface area (Å²) in [7, 11) is 1.73. The van der Waals surface area contributed by atoms with Crippen LogP contribution in [0.15, 0.2) is 54.6 Å². The molecule has 4 rings (SSSR count). The minimum Gasteiger partial charge on any atom is -0.396 e. The lowest BCUT2D eigenvalue weighted by Gasteiger charge is -2.50. The van der Waals surface area contributed by atoms with Crippen molar-refractivity contribution in [3.05, 3.63) is 71.5 Å². The Morgan fingerprint density at radius 2 is 1.85 bits per heavy atom. The highest BCUT2D eigenvalue weighted by Gasteiger charge is 2.55. The van der Waals surface area contributed by atoms with Crippen molar-refractivity contribution in [3.63, 3.8) is 0 Å². The number of benzene rings is 2. The summed E-state index contributed by atoms with van der Waals surface area (Å²) in [5, 5.41) is 21.4. The number of rotatable bonds is 6. The molecule has 1 amide bonds. The van der Waals surface area contributed by atoms with Gasteiger partial charge in [-0.15, -0.1) is 0 Å². The van der Waals surface area contributed by atoms with Crippen LogP contribution in [-0.4, -0.2) is 58.0 Å². The monoisotopic (exact) mass is 455 g/mol. The summed E-state index contributed by atoms with van der Waals surface area (Å²) in [6, 6.07) is 15.8. The van der Waals surface area contributed by atoms with Gasteiger partial charge in [-0.05, 0) is 68.2 Å². The van der Waals surface area contributed by atoms with E-state index in [0.717, 1.165) is 12.0 Å². The van der Waals surface area contributed by atoms with E-state index >= 15 is 0 Å². The molecule has 6 heteroatoms. The number of fused-ring (bicyclic) bond motifs is 2. The van der Waals surface area contributed by atoms with Crippen molar-refractivity contribution in [2.75, 3.05) is 13.7 Å². The number of hydrogen-bond acceptors (Lipinski definition) is 4. The van der Waals surface area contributed by atoms with Crippen LogP contribution >= 0.6 is 0 Å². The molecule has 5 nitrogen and oxygen atoms in total. The summed E-state index contributed by atoms with van der Waals surface area (Å²) in [6.07, 6.45) is 2.44. The van der Waals surface area contributed by atoms with Crippen LogP contribution in [0.2, 0.25) is 0 Å². The molecule has 2 fully saturated rings. The number of hydrogen-bond donors (Lipinski definition) is 2. The summed E-state index contributed by atoms with van der Waals surface area (Å²) < 4.78 is 19.9. The first-order valence-corrected chi connectivity index (χ1v) is 11.8. The van der Waals surface area contributed by atoms with Crippen molar-refractivity contribution in [2.45, 2.75) is 74.7 Å². The van der Waals surface area contributed by atoms with E-state index in [4.69, 9.17) is 4.74 Å². The van der Waals surface area contributed by atoms with Gasteiger partial charge in [0.1, 0.15) is 11.9 Å². The highest BCUT2D eigenvalue weighted by atomic mass is 19.1. The van der Waals surface area contributed by atoms with E-state index in [9.17, 15) is 19.4 Å². The van der Waals surface area contributed by atoms with Crippen molar-refractivity contribution in [1.82, 2.24) is 4.90 Å². The second-order valence-corrected chi connectivity index (χ2v) is 9.95. The summed E-state index contributed by atoms with van der Waals surface area (Å²) in [4.78, 5) is 14.7. The Morgan fingerprint density at radius 1 is 1.15 bits per heavy atom. The van der Waals surface area contributed by atoms with Gasteiger partial charge in [0.25, 0.3) is 0 Å². The Morgan fingerprint density at radius 3 is 2.52 bits per heavy atom. The maximum atomic E-state index is 13.2. The highest BCUT2D eigenvalue weighted by Crippen LogP contribution is 2.51. The lowest BCUT2D eigenvalue weighted by Crippen LogP contribution is -2.58. The molecule has 0 aliphatic carbocycles. The maximum absolute atomic E-state index is 13.2. The first kappa shape index (κ1) is 23.9. The lowest BCUT2D eigenvalue weighted by atomic mass is 9.73. The van der Waals surface area contributed by atoms with E-state index in [1.165, 1.54) is 17.7 Å². The van der Waals surface area contributed by atoms with Gasteiger partial charge in [0.05, 0.1) is 23.7 Å². The second kappa shape index (κ2) is 9.53. The Kier molecular flexibility index (Phi) is 6.89. The predicted octanol–water partition coefficient (Wildman–Crippen LogP) is 3.82. The maximum Gasteiger partial charge on any atom is 0.227 e. The van der Waals surface area contributed by atoms with Gasteiger partial charge in [0.15, 0.2) is 0 Å². The third-order valence-electron chi connectivity index (χ3n) is 7.60. The number of halogens is 1. The Balaban J connectivity index is 1.58. The second-order valence-electron chi connectivity index (χ2n) is 9.95. The van der Waals surface area contributed by atoms with Crippen LogP contribution in [0.25, 0.3) is 0 Å². The summed E-state index contributed by atoms with van der Waals surface area (Å²) in [5.41, 5.74) is 0.553. The standard InChI is InChI=1S/C27H34FNO4/c1-26-17-21(20-6-4-3-5-7-20)18-27(33-26,14-15-30)13-12-23(25(26)32)29(2)24(31)16-19-8-10-22(28)11-9-19/h3-11,21,23,25,30,32H,12-18H2,1-2H3/t21-,23+,25-,26+,27-/m1/s1. The average Bonchev–Trinajstić information content (AvgIpc) is 2.87. The summed E-state index contributed by atoms with van der Waals surface area (Å²) in [6.45, 7) is 1.95. The minimum atomic E-state index is -0.869. The summed E-state index contributed by atoms with van der Waals surface area (Å²) >= 11 is 0. The molecule has 33 heavy (non-hydrogen) atoms. The number of carbonyl (C=O) groups is 1. The van der Waals surface area contributed by atoms with Crippen molar-refractivity contribution < 1.29 is 24.1 Å². The van der Waals surface area contributed by atoms with Gasteiger partial charge in [0, 0.05) is 13.7 Å². The number of nitrogens with zero attached hydrogens (tertiary/aromatic N) is 1. The van der Waals surface area contributed by atoms with Gasteiger partial charge in [-0.2, -0.15) is 0 Å². The fourth-order valence-corrected chi connectivity index (χ4v) is 5.83. The van der Waals surface area contributed by atoms with Gasteiger partial charge >= 0.3 is 0 Å². The van der Waals surface area contributed by atoms with Crippen LogP contribution in [0.5, 0.6) is 0 Å². The Hall–Kier alpha value is -2.28. The zero-order valence-corrected chi connectivity index (χ0v) is 19.4. The van der Waals surface area contributed by atoms with Crippen LogP contribution in [0, 0.1) is 5.82 Å². The van der Waals surface area contributed by atoms with E-state index in [1.54, 1.807) is 24.1 Å². The SMILES string of the molecule is CN(C(=O)Cc1ccc(F)cc1)[C@H]1CC[C@@]2(CCO)C[C@H](c3ccccc3)C[C@](C)(O2)[C@@H]1O. The molecule has 2 heterocycles. The fourth-order valence-electron chi connectivity index (χ4n) is 5.83. The van der Waals surface area contributed by atoms with Crippen LogP contribution in [0.3, 0.4) is 0 Å². The smallest absolute Gasteiger partial charge is 0.227 e. The molecule has 178 valence electrons. The van der Waals surface area contributed by atoms with Crippen molar-refractivity contribution >= 4 is 5.91 Å². The first-order chi connectivity index (χ1) is 15.8. The molecule has 0 radical (unpaired) electrons. The van der Waals surface area contributed by atoms with Crippen LogP contribution in [-0.2, 0) is 16.0 Å². The zero-order chi connectivity index (χ0) is 23.6. The minimum absolute atomic E-state index is 0.0116. The number of ether oxygens (including phenoxy) is 1. The number of aliphatic hydroxyl groups is 2. The molecule has 5 atom stereocenters. The molecule has 2 bridgehead atoms. The molecular formula is C27H34FNO4. The molecule has 0 unspecified atom stereocenters. The summed E-state index contributed by atoms with van der Waals surface area (Å²) in [5.74, 6) is -0.259. The van der Waals surface area contributed by atoms with Crippen LogP contribution in [0.4, 0.5) is 4.39 Å². The number of aliphatic hydroxyl groups excluding tert-OH is 2. The largest absolute Gasteiger partial charge is 0.396 e. The van der Waals surface area contributed by atoms with Gasteiger partial charge < -0.3 is 19.8 Å². The molecule has 0 saturated carbocycles. The van der Waals surface area contributed by atoms with Gasteiger partial charge in [0.2, 0.25) is 5.91 Å². The molecule has 2 saturated heterocycles. The molecule has 2 N–H and O–H groups in total. The quantitative estimate of drug-likeness (QED) is 0.695. The van der Waals surface area contributed by atoms with E-state index < -0.39 is 23.3 Å². The fraction of sp³-hybridized carbons (Fsp3) is 0.519. The van der Waals surface area contributed by atoms with Crippen LogP contribution in [0.1, 0.15) is 56.1 Å².